The summed E-state index contributed by atoms with van der Waals surface area (Å²) >= 11 is 0. The maximum Gasteiger partial charge on any atom is 0.208 e. The minimum atomic E-state index is 0.305. The average molecular weight is 178 g/mol. The fourth-order valence-corrected chi connectivity index (χ4v) is 1.09. The molecule has 0 radical (unpaired) electrons. The van der Waals surface area contributed by atoms with Gasteiger partial charge in [-0.2, -0.15) is 0 Å². The summed E-state index contributed by atoms with van der Waals surface area (Å²) in [6, 6.07) is 3.72. The predicted molar refractivity (Wildman–Crippen MR) is 46.8 cm³/mol. The number of furan rings is 1. The maximum atomic E-state index is 5.36. The minimum absolute atomic E-state index is 0.305. The van der Waals surface area contributed by atoms with E-state index >= 15 is 0 Å². The number of hydrogen-bond acceptors (Lipinski definition) is 4. The van der Waals surface area contributed by atoms with Crippen LogP contribution in [-0.4, -0.2) is 4.98 Å². The Kier molecular flexibility index (Phi) is 1.90. The van der Waals surface area contributed by atoms with Crippen LogP contribution in [0.3, 0.4) is 0 Å². The van der Waals surface area contributed by atoms with Crippen LogP contribution in [-0.2, 0) is 6.54 Å². The van der Waals surface area contributed by atoms with E-state index in [0.717, 1.165) is 5.76 Å². The molecule has 0 aliphatic carbocycles. The van der Waals surface area contributed by atoms with E-state index < -0.39 is 0 Å². The Morgan fingerprint density at radius 1 is 1.31 bits per heavy atom. The summed E-state index contributed by atoms with van der Waals surface area (Å²) in [5, 5.41) is 0. The molecule has 4 nitrogen and oxygen atoms in total. The lowest BCUT2D eigenvalue weighted by atomic mass is 10.4. The first-order valence-corrected chi connectivity index (χ1v) is 4.01. The molecule has 68 valence electrons. The molecule has 2 heterocycles. The Bertz CT molecular complexity index is 403. The number of nitrogens with two attached hydrogens (primary N) is 1. The molecule has 0 bridgehead atoms. The summed E-state index contributed by atoms with van der Waals surface area (Å²) in [4.78, 5) is 3.97. The lowest BCUT2D eigenvalue weighted by molar-refractivity contribution is 0.476. The highest BCUT2D eigenvalue weighted by Crippen LogP contribution is 2.22. The van der Waals surface area contributed by atoms with E-state index in [1.807, 2.05) is 19.1 Å². The lowest BCUT2D eigenvalue weighted by Gasteiger charge is -1.88. The third-order valence-electron chi connectivity index (χ3n) is 1.71. The van der Waals surface area contributed by atoms with Gasteiger partial charge in [0.05, 0.1) is 12.7 Å². The van der Waals surface area contributed by atoms with Crippen molar-refractivity contribution < 1.29 is 8.83 Å². The number of aryl methyl sites for hydroxylation is 1. The van der Waals surface area contributed by atoms with Gasteiger partial charge in [-0.05, 0) is 19.1 Å². The van der Waals surface area contributed by atoms with Gasteiger partial charge >= 0.3 is 0 Å². The highest BCUT2D eigenvalue weighted by Gasteiger charge is 2.07. The van der Waals surface area contributed by atoms with E-state index in [1.54, 1.807) is 6.20 Å². The van der Waals surface area contributed by atoms with Crippen molar-refractivity contribution in [1.29, 1.82) is 0 Å². The Hall–Kier alpha value is -1.55. The van der Waals surface area contributed by atoms with Crippen molar-refractivity contribution in [2.75, 3.05) is 0 Å². The molecule has 2 rings (SSSR count). The van der Waals surface area contributed by atoms with Crippen molar-refractivity contribution >= 4 is 0 Å². The van der Waals surface area contributed by atoms with Crippen LogP contribution in [0.5, 0.6) is 0 Å². The van der Waals surface area contributed by atoms with E-state index in [2.05, 4.69) is 4.98 Å². The largest absolute Gasteiger partial charge is 0.458 e. The van der Waals surface area contributed by atoms with Crippen molar-refractivity contribution in [2.45, 2.75) is 13.5 Å². The van der Waals surface area contributed by atoms with Crippen molar-refractivity contribution in [1.82, 2.24) is 4.98 Å². The smallest absolute Gasteiger partial charge is 0.208 e. The van der Waals surface area contributed by atoms with Gasteiger partial charge in [0.2, 0.25) is 5.89 Å². The van der Waals surface area contributed by atoms with Gasteiger partial charge in [0.15, 0.2) is 11.5 Å². The third-order valence-corrected chi connectivity index (χ3v) is 1.71. The minimum Gasteiger partial charge on any atom is -0.458 e. The molecule has 0 aromatic carbocycles. The van der Waals surface area contributed by atoms with Gasteiger partial charge in [0.1, 0.15) is 5.76 Å². The summed E-state index contributed by atoms with van der Waals surface area (Å²) in [5.74, 6) is 2.67. The Morgan fingerprint density at radius 2 is 2.15 bits per heavy atom. The highest BCUT2D eigenvalue weighted by atomic mass is 16.4. The quantitative estimate of drug-likeness (QED) is 0.760. The van der Waals surface area contributed by atoms with Crippen LogP contribution in [0.4, 0.5) is 0 Å². The Labute approximate surface area is 75.4 Å². The molecule has 0 aliphatic heterocycles. The number of aromatic nitrogens is 1. The molecule has 0 saturated heterocycles. The van der Waals surface area contributed by atoms with Crippen LogP contribution in [0.25, 0.3) is 11.5 Å². The molecule has 0 saturated carbocycles. The molecule has 0 atom stereocenters. The van der Waals surface area contributed by atoms with Crippen LogP contribution in [0.2, 0.25) is 0 Å². The van der Waals surface area contributed by atoms with Gasteiger partial charge in [-0.15, -0.1) is 0 Å². The van der Waals surface area contributed by atoms with Crippen molar-refractivity contribution in [3.05, 3.63) is 30.0 Å². The van der Waals surface area contributed by atoms with E-state index in [0.29, 0.717) is 24.0 Å². The first-order valence-electron chi connectivity index (χ1n) is 4.01. The Balaban J connectivity index is 2.35. The predicted octanol–water partition coefficient (Wildman–Crippen LogP) is 1.70. The van der Waals surface area contributed by atoms with Gasteiger partial charge in [-0.3, -0.25) is 0 Å². The molecular formula is C9H10N2O2. The summed E-state index contributed by atoms with van der Waals surface area (Å²) in [6.07, 6.45) is 1.61. The number of hydrogen-bond donors (Lipinski definition) is 1. The van der Waals surface area contributed by atoms with E-state index in [-0.39, 0.29) is 0 Å². The van der Waals surface area contributed by atoms with E-state index in [9.17, 15) is 0 Å². The lowest BCUT2D eigenvalue weighted by Crippen LogP contribution is -1.94. The van der Waals surface area contributed by atoms with Crippen LogP contribution in [0, 0.1) is 6.92 Å². The Morgan fingerprint density at radius 3 is 2.69 bits per heavy atom. The second-order valence-corrected chi connectivity index (χ2v) is 2.73. The van der Waals surface area contributed by atoms with Crippen molar-refractivity contribution in [3.8, 4) is 11.5 Å². The molecule has 0 fully saturated rings. The molecule has 4 heteroatoms. The highest BCUT2D eigenvalue weighted by molar-refractivity contribution is 5.48. The van der Waals surface area contributed by atoms with Crippen LogP contribution in [0.1, 0.15) is 11.7 Å². The summed E-state index contributed by atoms with van der Waals surface area (Å²) in [6.45, 7) is 2.18. The second-order valence-electron chi connectivity index (χ2n) is 2.73. The van der Waals surface area contributed by atoms with Crippen LogP contribution < -0.4 is 5.73 Å². The standard InChI is InChI=1S/C9H10N2O2/c1-6-2-3-7(12-6)8-5-11-9(4-10)13-8/h2-3,5H,4,10H2,1H3. The second kappa shape index (κ2) is 3.06. The van der Waals surface area contributed by atoms with Crippen LogP contribution in [0.15, 0.2) is 27.2 Å². The van der Waals surface area contributed by atoms with Gasteiger partial charge in [-0.25, -0.2) is 4.98 Å². The molecule has 0 spiro atoms. The number of nitrogens with zero attached hydrogens (tertiary/aromatic N) is 1. The zero-order valence-corrected chi connectivity index (χ0v) is 7.28. The first-order chi connectivity index (χ1) is 6.29. The zero-order valence-electron chi connectivity index (χ0n) is 7.28. The van der Waals surface area contributed by atoms with E-state index in [1.165, 1.54) is 0 Å². The molecule has 0 aliphatic rings. The summed E-state index contributed by atoms with van der Waals surface area (Å²) < 4.78 is 10.7. The molecular weight excluding hydrogens is 168 g/mol. The zero-order chi connectivity index (χ0) is 9.26. The molecule has 2 aromatic heterocycles. The van der Waals surface area contributed by atoms with Crippen molar-refractivity contribution in [3.63, 3.8) is 0 Å². The molecule has 0 unspecified atom stereocenters. The van der Waals surface area contributed by atoms with E-state index in [4.69, 9.17) is 14.6 Å². The topological polar surface area (TPSA) is 65.2 Å². The number of oxazole rings is 1. The van der Waals surface area contributed by atoms with Gasteiger partial charge in [-0.1, -0.05) is 0 Å². The number of rotatable bonds is 2. The molecule has 0 amide bonds. The fraction of sp³-hybridized carbons (Fsp3) is 0.222. The molecule has 2 N–H and O–H groups in total. The fourth-order valence-electron chi connectivity index (χ4n) is 1.09. The molecule has 13 heavy (non-hydrogen) atoms. The summed E-state index contributed by atoms with van der Waals surface area (Å²) in [5.41, 5.74) is 5.36. The maximum absolute atomic E-state index is 5.36. The van der Waals surface area contributed by atoms with Gasteiger partial charge in [0.25, 0.3) is 0 Å². The normalized spacial score (nSPS) is 10.6. The summed E-state index contributed by atoms with van der Waals surface area (Å²) in [7, 11) is 0. The molecule has 2 aromatic rings. The van der Waals surface area contributed by atoms with Crippen molar-refractivity contribution in [2.24, 2.45) is 5.73 Å². The average Bonchev–Trinajstić information content (AvgIpc) is 2.71. The third kappa shape index (κ3) is 1.48. The van der Waals surface area contributed by atoms with Gasteiger partial charge in [0, 0.05) is 0 Å². The van der Waals surface area contributed by atoms with Gasteiger partial charge < -0.3 is 14.6 Å². The monoisotopic (exact) mass is 178 g/mol. The SMILES string of the molecule is Cc1ccc(-c2cnc(CN)o2)o1. The first kappa shape index (κ1) is 8.07. The van der Waals surface area contributed by atoms with Crippen LogP contribution >= 0.6 is 0 Å².